The summed E-state index contributed by atoms with van der Waals surface area (Å²) in [5.41, 5.74) is 4.35. The van der Waals surface area contributed by atoms with Crippen molar-refractivity contribution in [2.75, 3.05) is 18.4 Å². The number of thiazole rings is 1. The van der Waals surface area contributed by atoms with Gasteiger partial charge < -0.3 is 15.2 Å². The maximum Gasteiger partial charge on any atom is 0.245 e. The van der Waals surface area contributed by atoms with E-state index in [9.17, 15) is 4.79 Å². The Morgan fingerprint density at radius 2 is 1.94 bits per heavy atom. The summed E-state index contributed by atoms with van der Waals surface area (Å²) in [5, 5.41) is 8.21. The molecule has 0 bridgehead atoms. The van der Waals surface area contributed by atoms with E-state index in [0.717, 1.165) is 51.8 Å². The van der Waals surface area contributed by atoms with Gasteiger partial charge in [-0.15, -0.1) is 11.3 Å². The van der Waals surface area contributed by atoms with E-state index in [1.54, 1.807) is 11.3 Å². The van der Waals surface area contributed by atoms with Crippen LogP contribution < -0.4 is 5.32 Å². The average molecular weight is 521 g/mol. The highest BCUT2D eigenvalue weighted by Crippen LogP contribution is 2.43. The minimum absolute atomic E-state index is 0.0348. The summed E-state index contributed by atoms with van der Waals surface area (Å²) in [6.07, 6.45) is 2.94. The first-order valence-corrected chi connectivity index (χ1v) is 13.8. The number of hydrogen-bond donors (Lipinski definition) is 2. The molecular formula is C29H33ClN4OS. The van der Waals surface area contributed by atoms with E-state index in [0.29, 0.717) is 5.92 Å². The van der Waals surface area contributed by atoms with Gasteiger partial charge in [-0.1, -0.05) is 69.6 Å². The molecule has 2 N–H and O–H groups in total. The largest absolute Gasteiger partial charge is 0.360 e. The number of nitrogens with zero attached hydrogens (tertiary/aromatic N) is 2. The van der Waals surface area contributed by atoms with Crippen LogP contribution in [0.15, 0.2) is 60.1 Å². The van der Waals surface area contributed by atoms with Crippen molar-refractivity contribution in [3.05, 3.63) is 70.7 Å². The maximum atomic E-state index is 13.7. The molecule has 1 fully saturated rings. The Labute approximate surface area is 221 Å². The number of para-hydroxylation sites is 1. The number of carbonyl (C=O) groups is 1. The predicted octanol–water partition coefficient (Wildman–Crippen LogP) is 7.42. The second kappa shape index (κ2) is 9.91. The van der Waals surface area contributed by atoms with E-state index in [-0.39, 0.29) is 23.3 Å². The molecule has 1 unspecified atom stereocenters. The lowest BCUT2D eigenvalue weighted by Crippen LogP contribution is -2.53. The van der Waals surface area contributed by atoms with Crippen LogP contribution in [-0.4, -0.2) is 39.9 Å². The van der Waals surface area contributed by atoms with Crippen LogP contribution in [0.25, 0.3) is 22.2 Å². The van der Waals surface area contributed by atoms with E-state index in [1.807, 2.05) is 35.4 Å². The normalized spacial score (nSPS) is 18.5. The number of aromatic amines is 1. The van der Waals surface area contributed by atoms with E-state index < -0.39 is 0 Å². The number of aromatic nitrogens is 2. The van der Waals surface area contributed by atoms with Gasteiger partial charge >= 0.3 is 0 Å². The van der Waals surface area contributed by atoms with Crippen LogP contribution in [0.3, 0.4) is 0 Å². The summed E-state index contributed by atoms with van der Waals surface area (Å²) in [7, 11) is 0. The van der Waals surface area contributed by atoms with Crippen molar-refractivity contribution in [1.82, 2.24) is 14.9 Å². The van der Waals surface area contributed by atoms with Gasteiger partial charge in [-0.25, -0.2) is 4.98 Å². The fourth-order valence-electron chi connectivity index (χ4n) is 5.45. The summed E-state index contributed by atoms with van der Waals surface area (Å²) in [4.78, 5) is 24.0. The molecule has 7 heteroatoms. The summed E-state index contributed by atoms with van der Waals surface area (Å²) >= 11 is 7.65. The van der Waals surface area contributed by atoms with Crippen LogP contribution in [0.2, 0.25) is 5.02 Å². The zero-order chi connectivity index (χ0) is 25.4. The minimum Gasteiger partial charge on any atom is -0.360 e. The highest BCUT2D eigenvalue weighted by Gasteiger charge is 2.40. The number of amides is 1. The van der Waals surface area contributed by atoms with Crippen molar-refractivity contribution >= 4 is 44.9 Å². The number of anilines is 1. The molecule has 1 aliphatic heterocycles. The number of benzene rings is 2. The number of rotatable bonds is 6. The van der Waals surface area contributed by atoms with Crippen LogP contribution in [0, 0.1) is 11.3 Å². The first-order chi connectivity index (χ1) is 17.2. The molecular weight excluding hydrogens is 488 g/mol. The number of piperidine rings is 1. The number of H-pyrrole nitrogens is 1. The second-order valence-electron chi connectivity index (χ2n) is 10.8. The Balaban J connectivity index is 1.31. The molecule has 0 saturated carbocycles. The molecule has 3 heterocycles. The molecule has 0 radical (unpaired) electrons. The van der Waals surface area contributed by atoms with Gasteiger partial charge in [0.05, 0.1) is 5.69 Å². The molecule has 188 valence electrons. The van der Waals surface area contributed by atoms with Crippen molar-refractivity contribution in [3.63, 3.8) is 0 Å². The summed E-state index contributed by atoms with van der Waals surface area (Å²) in [6.45, 7) is 10.2. The van der Waals surface area contributed by atoms with E-state index in [1.165, 1.54) is 5.56 Å². The Morgan fingerprint density at radius 1 is 1.19 bits per heavy atom. The van der Waals surface area contributed by atoms with Crippen LogP contribution in [0.1, 0.15) is 45.6 Å². The molecule has 1 saturated heterocycles. The lowest BCUT2D eigenvalue weighted by molar-refractivity contribution is -0.136. The molecule has 0 spiro atoms. The van der Waals surface area contributed by atoms with E-state index in [2.05, 4.69) is 67.6 Å². The van der Waals surface area contributed by atoms with Gasteiger partial charge in [0.2, 0.25) is 5.91 Å². The molecule has 1 amide bonds. The molecule has 4 aromatic rings. The van der Waals surface area contributed by atoms with E-state index >= 15 is 0 Å². The van der Waals surface area contributed by atoms with Gasteiger partial charge in [0.25, 0.3) is 0 Å². The molecule has 2 atom stereocenters. The lowest BCUT2D eigenvalue weighted by atomic mass is 9.70. The number of carbonyl (C=O) groups excluding carboxylic acids is 1. The number of nitrogens with one attached hydrogen (secondary N) is 2. The third-order valence-corrected chi connectivity index (χ3v) is 8.42. The predicted molar refractivity (Wildman–Crippen MR) is 151 cm³/mol. The number of likely N-dealkylation sites (tertiary alicyclic amines) is 1. The first-order valence-electron chi connectivity index (χ1n) is 12.6. The third kappa shape index (κ3) is 4.89. The highest BCUT2D eigenvalue weighted by molar-refractivity contribution is 7.14. The van der Waals surface area contributed by atoms with Crippen LogP contribution in [0.5, 0.6) is 0 Å². The Hall–Kier alpha value is -2.83. The van der Waals surface area contributed by atoms with Crippen LogP contribution >= 0.6 is 22.9 Å². The second-order valence-corrected chi connectivity index (χ2v) is 12.1. The van der Waals surface area contributed by atoms with Crippen molar-refractivity contribution in [2.24, 2.45) is 11.3 Å². The molecule has 36 heavy (non-hydrogen) atoms. The third-order valence-electron chi connectivity index (χ3n) is 7.39. The maximum absolute atomic E-state index is 13.7. The molecule has 1 aliphatic rings. The van der Waals surface area contributed by atoms with E-state index in [4.69, 9.17) is 16.6 Å². The van der Waals surface area contributed by atoms with Gasteiger partial charge in [0.1, 0.15) is 6.04 Å². The molecule has 2 aromatic heterocycles. The van der Waals surface area contributed by atoms with Crippen molar-refractivity contribution < 1.29 is 4.79 Å². The topological polar surface area (TPSA) is 61.0 Å². The standard InChI is InChI=1S/C29H33ClN4OS/c1-18(2)26(33-28-32-25(16-36-28)22-15-31-24-8-6-5-7-21(22)24)27(35)34-14-13-23(29(3,4)17-34)19-9-11-20(30)12-10-19/h5-12,15-16,18,23,26,31H,13-14,17H2,1-4H3,(H,32,33)/t23?,26-/m1/s1. The summed E-state index contributed by atoms with van der Waals surface area (Å²) in [5.74, 6) is 0.675. The van der Waals surface area contributed by atoms with Gasteiger partial charge in [-0.2, -0.15) is 0 Å². The first kappa shape index (κ1) is 24.8. The molecule has 2 aromatic carbocycles. The average Bonchev–Trinajstić information content (AvgIpc) is 3.49. The Bertz CT molecular complexity index is 1360. The number of halogens is 1. The fourth-order valence-corrected chi connectivity index (χ4v) is 6.32. The Morgan fingerprint density at radius 3 is 2.67 bits per heavy atom. The number of fused-ring (bicyclic) bond motifs is 1. The van der Waals surface area contributed by atoms with Crippen LogP contribution in [-0.2, 0) is 4.79 Å². The minimum atomic E-state index is -0.324. The smallest absolute Gasteiger partial charge is 0.245 e. The summed E-state index contributed by atoms with van der Waals surface area (Å²) in [6, 6.07) is 16.1. The quantitative estimate of drug-likeness (QED) is 0.278. The molecule has 0 aliphatic carbocycles. The molecule has 5 nitrogen and oxygen atoms in total. The van der Waals surface area contributed by atoms with Gasteiger partial charge in [0.15, 0.2) is 5.13 Å². The summed E-state index contributed by atoms with van der Waals surface area (Å²) < 4.78 is 0. The van der Waals surface area contributed by atoms with Crippen LogP contribution in [0.4, 0.5) is 5.13 Å². The van der Waals surface area contributed by atoms with Gasteiger partial charge in [-0.3, -0.25) is 4.79 Å². The molecule has 5 rings (SSSR count). The lowest BCUT2D eigenvalue weighted by Gasteiger charge is -2.45. The zero-order valence-electron chi connectivity index (χ0n) is 21.2. The van der Waals surface area contributed by atoms with Gasteiger partial charge in [-0.05, 0) is 47.4 Å². The zero-order valence-corrected chi connectivity index (χ0v) is 22.8. The highest BCUT2D eigenvalue weighted by atomic mass is 35.5. The SMILES string of the molecule is CC(C)[C@@H](Nc1nc(-c2c[nH]c3ccccc23)cs1)C(=O)N1CCC(c2ccc(Cl)cc2)C(C)(C)C1. The fraction of sp³-hybridized carbons (Fsp3) is 0.379. The van der Waals surface area contributed by atoms with Gasteiger partial charge in [0, 0.05) is 46.2 Å². The van der Waals surface area contributed by atoms with Crippen molar-refractivity contribution in [2.45, 2.75) is 46.1 Å². The van der Waals surface area contributed by atoms with Crippen molar-refractivity contribution in [1.29, 1.82) is 0 Å². The van der Waals surface area contributed by atoms with Crippen molar-refractivity contribution in [3.8, 4) is 11.3 Å². The Kier molecular flexibility index (Phi) is 6.84. The number of hydrogen-bond acceptors (Lipinski definition) is 4. The monoisotopic (exact) mass is 520 g/mol.